The van der Waals surface area contributed by atoms with Crippen molar-refractivity contribution in [2.75, 3.05) is 11.9 Å². The Morgan fingerprint density at radius 2 is 1.88 bits per heavy atom. The van der Waals surface area contributed by atoms with E-state index in [0.29, 0.717) is 6.54 Å². The smallest absolute Gasteiger partial charge is 0.412 e. The van der Waals surface area contributed by atoms with Gasteiger partial charge >= 0.3 is 6.09 Å². The molecule has 5 heteroatoms. The number of aromatic nitrogens is 1. The number of carbonyl (C=O) groups is 1. The number of nitrogens with zero attached hydrogens (tertiary/aromatic N) is 1. The molecule has 0 aliphatic rings. The largest absolute Gasteiger partial charge is 0.444 e. The third-order valence-corrected chi connectivity index (χ3v) is 3.81. The molecular weight excluding hydrogens is 314 g/mol. The summed E-state index contributed by atoms with van der Waals surface area (Å²) in [5.41, 5.74) is 9.15. The molecule has 136 valence electrons. The number of hydrogen-bond acceptors (Lipinski definition) is 3. The van der Waals surface area contributed by atoms with Crippen LogP contribution in [0.3, 0.4) is 0 Å². The van der Waals surface area contributed by atoms with Crippen LogP contribution in [0.25, 0.3) is 11.1 Å². The van der Waals surface area contributed by atoms with E-state index in [9.17, 15) is 4.79 Å². The van der Waals surface area contributed by atoms with E-state index >= 15 is 0 Å². The van der Waals surface area contributed by atoms with E-state index in [1.54, 1.807) is 0 Å². The van der Waals surface area contributed by atoms with Crippen molar-refractivity contribution in [3.63, 3.8) is 0 Å². The van der Waals surface area contributed by atoms with E-state index in [-0.39, 0.29) is 0 Å². The van der Waals surface area contributed by atoms with Crippen molar-refractivity contribution in [3.05, 3.63) is 42.2 Å². The minimum Gasteiger partial charge on any atom is -0.444 e. The lowest BCUT2D eigenvalue weighted by atomic mass is 10.0. The van der Waals surface area contributed by atoms with Crippen molar-refractivity contribution in [2.24, 2.45) is 5.73 Å². The third-order valence-electron chi connectivity index (χ3n) is 3.81. The molecule has 2 aromatic rings. The predicted molar refractivity (Wildman–Crippen MR) is 103 cm³/mol. The van der Waals surface area contributed by atoms with Crippen LogP contribution in [0.2, 0.25) is 0 Å². The molecule has 0 aliphatic carbocycles. The summed E-state index contributed by atoms with van der Waals surface area (Å²) in [6, 6.07) is 8.40. The van der Waals surface area contributed by atoms with Gasteiger partial charge < -0.3 is 15.0 Å². The zero-order chi connectivity index (χ0) is 18.4. The summed E-state index contributed by atoms with van der Waals surface area (Å²) in [6.07, 6.45) is 5.41. The Kier molecular flexibility index (Phi) is 6.26. The lowest BCUT2D eigenvalue weighted by molar-refractivity contribution is 0.0636. The van der Waals surface area contributed by atoms with Crippen molar-refractivity contribution < 1.29 is 9.53 Å². The van der Waals surface area contributed by atoms with E-state index in [1.165, 1.54) is 5.56 Å². The molecule has 0 radical (unpaired) electrons. The Bertz CT molecular complexity index is 697. The van der Waals surface area contributed by atoms with Gasteiger partial charge in [-0.05, 0) is 51.3 Å². The first-order valence-corrected chi connectivity index (χ1v) is 8.81. The van der Waals surface area contributed by atoms with Crippen LogP contribution >= 0.6 is 0 Å². The van der Waals surface area contributed by atoms with E-state index < -0.39 is 11.7 Å². The summed E-state index contributed by atoms with van der Waals surface area (Å²) >= 11 is 0. The van der Waals surface area contributed by atoms with Gasteiger partial charge in [-0.15, -0.1) is 0 Å². The normalized spacial score (nSPS) is 11.4. The number of benzene rings is 1. The summed E-state index contributed by atoms with van der Waals surface area (Å²) in [5, 5.41) is 2.88. The molecule has 1 heterocycles. The summed E-state index contributed by atoms with van der Waals surface area (Å²) in [6.45, 7) is 9.13. The molecule has 1 amide bonds. The number of rotatable bonds is 6. The maximum Gasteiger partial charge on any atom is 0.412 e. The van der Waals surface area contributed by atoms with Gasteiger partial charge in [-0.25, -0.2) is 4.79 Å². The lowest BCUT2D eigenvalue weighted by Crippen LogP contribution is -2.27. The second kappa shape index (κ2) is 8.21. The highest BCUT2D eigenvalue weighted by atomic mass is 16.6. The van der Waals surface area contributed by atoms with Gasteiger partial charge in [0.2, 0.25) is 0 Å². The highest BCUT2D eigenvalue weighted by Crippen LogP contribution is 2.30. The van der Waals surface area contributed by atoms with Crippen molar-refractivity contribution in [1.82, 2.24) is 4.57 Å². The fraction of sp³-hybridized carbons (Fsp3) is 0.450. The second-order valence-electron chi connectivity index (χ2n) is 7.14. The van der Waals surface area contributed by atoms with Crippen molar-refractivity contribution in [2.45, 2.75) is 52.7 Å². The molecule has 1 aromatic heterocycles. The zero-order valence-corrected chi connectivity index (χ0v) is 15.6. The molecule has 1 aromatic carbocycles. The lowest BCUT2D eigenvalue weighted by Gasteiger charge is -2.19. The highest BCUT2D eigenvalue weighted by Gasteiger charge is 2.18. The predicted octanol–water partition coefficient (Wildman–Crippen LogP) is 4.41. The van der Waals surface area contributed by atoms with Gasteiger partial charge in [-0.1, -0.05) is 31.2 Å². The average Bonchev–Trinajstić information content (AvgIpc) is 2.93. The zero-order valence-electron chi connectivity index (χ0n) is 15.6. The molecule has 5 nitrogen and oxygen atoms in total. The quantitative estimate of drug-likeness (QED) is 0.816. The van der Waals surface area contributed by atoms with Crippen molar-refractivity contribution in [3.8, 4) is 11.1 Å². The van der Waals surface area contributed by atoms with Gasteiger partial charge in [0.25, 0.3) is 0 Å². The minimum atomic E-state index is -0.533. The maximum absolute atomic E-state index is 12.2. The number of carbonyl (C=O) groups excluding carboxylic acids is 1. The first-order valence-electron chi connectivity index (χ1n) is 8.81. The van der Waals surface area contributed by atoms with Gasteiger partial charge in [-0.3, -0.25) is 5.32 Å². The number of nitrogens with one attached hydrogen (secondary N) is 1. The Hall–Kier alpha value is -2.27. The van der Waals surface area contributed by atoms with Gasteiger partial charge in [0.1, 0.15) is 5.60 Å². The van der Waals surface area contributed by atoms with Crippen LogP contribution in [0.5, 0.6) is 0 Å². The van der Waals surface area contributed by atoms with Crippen LogP contribution < -0.4 is 11.1 Å². The molecule has 2 rings (SSSR count). The Morgan fingerprint density at radius 1 is 1.20 bits per heavy atom. The van der Waals surface area contributed by atoms with Gasteiger partial charge in [-0.2, -0.15) is 0 Å². The first kappa shape index (κ1) is 19.1. The average molecular weight is 343 g/mol. The molecule has 0 unspecified atom stereocenters. The number of aryl methyl sites for hydroxylation is 2. The molecule has 0 atom stereocenters. The molecule has 25 heavy (non-hydrogen) atoms. The number of nitrogens with two attached hydrogens (primary N) is 1. The number of ether oxygens (including phenoxy) is 1. The Morgan fingerprint density at radius 3 is 2.44 bits per heavy atom. The molecule has 0 bridgehead atoms. The third kappa shape index (κ3) is 5.64. The van der Waals surface area contributed by atoms with Crippen LogP contribution in [-0.2, 0) is 17.7 Å². The van der Waals surface area contributed by atoms with Gasteiger partial charge in [0, 0.05) is 24.5 Å². The van der Waals surface area contributed by atoms with E-state index in [0.717, 1.165) is 36.2 Å². The van der Waals surface area contributed by atoms with Crippen molar-refractivity contribution >= 4 is 11.8 Å². The minimum absolute atomic E-state index is 0.449. The van der Waals surface area contributed by atoms with E-state index in [2.05, 4.69) is 41.1 Å². The van der Waals surface area contributed by atoms with E-state index in [4.69, 9.17) is 10.5 Å². The van der Waals surface area contributed by atoms with Crippen LogP contribution in [0.4, 0.5) is 10.5 Å². The molecule has 3 N–H and O–H groups in total. The van der Waals surface area contributed by atoms with Crippen LogP contribution in [-0.4, -0.2) is 22.8 Å². The topological polar surface area (TPSA) is 69.3 Å². The number of amides is 1. The van der Waals surface area contributed by atoms with Crippen LogP contribution in [0.1, 0.15) is 39.7 Å². The van der Waals surface area contributed by atoms with Gasteiger partial charge in [0.15, 0.2) is 0 Å². The molecule has 0 saturated heterocycles. The molecule has 0 fully saturated rings. The number of hydrogen-bond donors (Lipinski definition) is 2. The Balaban J connectivity index is 2.28. The maximum atomic E-state index is 12.2. The standard InChI is InChI=1S/C20H29N3O2/c1-5-15-7-9-16(10-8-15)17-13-23(12-6-11-21)14-18(17)22-19(24)25-20(2,3)4/h7-10,13-14H,5-6,11-12,21H2,1-4H3,(H,22,24). The van der Waals surface area contributed by atoms with Gasteiger partial charge in [0.05, 0.1) is 5.69 Å². The summed E-state index contributed by atoms with van der Waals surface area (Å²) in [4.78, 5) is 12.2. The van der Waals surface area contributed by atoms with Crippen LogP contribution in [0, 0.1) is 0 Å². The Labute approximate surface area is 150 Å². The molecule has 0 aliphatic heterocycles. The fourth-order valence-corrected chi connectivity index (χ4v) is 2.57. The van der Waals surface area contributed by atoms with Crippen LogP contribution in [0.15, 0.2) is 36.7 Å². The monoisotopic (exact) mass is 343 g/mol. The SMILES string of the molecule is CCc1ccc(-c2cn(CCCN)cc2NC(=O)OC(C)(C)C)cc1. The molecular formula is C20H29N3O2. The van der Waals surface area contributed by atoms with Crippen molar-refractivity contribution in [1.29, 1.82) is 0 Å². The second-order valence-corrected chi connectivity index (χ2v) is 7.14. The summed E-state index contributed by atoms with van der Waals surface area (Å²) in [5.74, 6) is 0. The van der Waals surface area contributed by atoms with E-state index in [1.807, 2.05) is 33.2 Å². The fourth-order valence-electron chi connectivity index (χ4n) is 2.57. The molecule has 0 spiro atoms. The highest BCUT2D eigenvalue weighted by molar-refractivity contribution is 5.91. The summed E-state index contributed by atoms with van der Waals surface area (Å²) < 4.78 is 7.44. The first-order chi connectivity index (χ1) is 11.8. The number of anilines is 1. The summed E-state index contributed by atoms with van der Waals surface area (Å²) in [7, 11) is 0. The molecule has 0 saturated carbocycles.